The molecule has 6 aromatic carbocycles. The third-order valence-electron chi connectivity index (χ3n) is 9.59. The highest BCUT2D eigenvalue weighted by atomic mass is 15.2. The van der Waals surface area contributed by atoms with E-state index in [1.54, 1.807) is 0 Å². The van der Waals surface area contributed by atoms with Crippen LogP contribution in [0.15, 0.2) is 152 Å². The minimum atomic E-state index is -0.140. The average molecular weight is 590 g/mol. The van der Waals surface area contributed by atoms with Gasteiger partial charge in [-0.05, 0) is 57.6 Å². The Labute approximate surface area is 268 Å². The number of nitrogens with zero attached hydrogens (tertiary/aromatic N) is 3. The fourth-order valence-electron chi connectivity index (χ4n) is 7.43. The van der Waals surface area contributed by atoms with Crippen molar-refractivity contribution in [1.29, 1.82) is 0 Å². The van der Waals surface area contributed by atoms with Gasteiger partial charge in [-0.1, -0.05) is 141 Å². The van der Waals surface area contributed by atoms with Crippen molar-refractivity contribution in [1.82, 2.24) is 14.5 Å². The molecule has 0 saturated carbocycles. The Morgan fingerprint density at radius 1 is 0.500 bits per heavy atom. The summed E-state index contributed by atoms with van der Waals surface area (Å²) in [6, 6.07) is 53.9. The molecule has 0 bridgehead atoms. The van der Waals surface area contributed by atoms with Gasteiger partial charge in [-0.3, -0.25) is 4.57 Å². The zero-order chi connectivity index (χ0) is 30.8. The summed E-state index contributed by atoms with van der Waals surface area (Å²) in [4.78, 5) is 10.7. The maximum Gasteiger partial charge on any atom is 0.235 e. The molecule has 0 N–H and O–H groups in total. The Kier molecular flexibility index (Phi) is 5.85. The molecule has 3 heteroatoms. The van der Waals surface area contributed by atoms with Crippen molar-refractivity contribution < 1.29 is 0 Å². The van der Waals surface area contributed by atoms with Gasteiger partial charge in [-0.2, -0.15) is 0 Å². The lowest BCUT2D eigenvalue weighted by Gasteiger charge is -2.21. The van der Waals surface area contributed by atoms with E-state index < -0.39 is 0 Å². The molecule has 2 heterocycles. The summed E-state index contributed by atoms with van der Waals surface area (Å²) in [5.41, 5.74) is 13.7. The second-order valence-corrected chi connectivity index (χ2v) is 12.7. The first-order chi connectivity index (χ1) is 22.6. The Bertz CT molecular complexity index is 2440. The molecule has 0 spiro atoms. The Morgan fingerprint density at radius 2 is 1.13 bits per heavy atom. The molecule has 9 rings (SSSR count). The first kappa shape index (κ1) is 26.6. The van der Waals surface area contributed by atoms with Crippen LogP contribution in [0.4, 0.5) is 0 Å². The van der Waals surface area contributed by atoms with E-state index in [0.29, 0.717) is 5.95 Å². The van der Waals surface area contributed by atoms with Crippen molar-refractivity contribution in [2.24, 2.45) is 0 Å². The molecule has 0 aliphatic heterocycles. The van der Waals surface area contributed by atoms with E-state index in [1.807, 2.05) is 0 Å². The smallest absolute Gasteiger partial charge is 0.235 e. The summed E-state index contributed by atoms with van der Waals surface area (Å²) < 4.78 is 2.29. The molecule has 0 radical (unpaired) electrons. The van der Waals surface area contributed by atoms with E-state index in [9.17, 15) is 0 Å². The van der Waals surface area contributed by atoms with Gasteiger partial charge in [0.25, 0.3) is 0 Å². The highest BCUT2D eigenvalue weighted by Crippen LogP contribution is 2.53. The Balaban J connectivity index is 1.30. The number of rotatable bonds is 4. The number of hydrogen-bond acceptors (Lipinski definition) is 2. The summed E-state index contributed by atoms with van der Waals surface area (Å²) in [6.45, 7) is 4.67. The molecule has 8 aromatic rings. The quantitative estimate of drug-likeness (QED) is 0.204. The molecule has 46 heavy (non-hydrogen) atoms. The van der Waals surface area contributed by atoms with Crippen LogP contribution in [0.2, 0.25) is 0 Å². The fraction of sp³-hybridized carbons (Fsp3) is 0.0698. The monoisotopic (exact) mass is 589 g/mol. The second kappa shape index (κ2) is 10.1. The van der Waals surface area contributed by atoms with Gasteiger partial charge in [0.15, 0.2) is 0 Å². The van der Waals surface area contributed by atoms with Gasteiger partial charge in [0.05, 0.1) is 22.4 Å². The molecular weight excluding hydrogens is 558 g/mol. The summed E-state index contributed by atoms with van der Waals surface area (Å²) in [5.74, 6) is 0.690. The predicted molar refractivity (Wildman–Crippen MR) is 190 cm³/mol. The number of benzene rings is 6. The lowest BCUT2D eigenvalue weighted by molar-refractivity contribution is 0.666. The lowest BCUT2D eigenvalue weighted by Crippen LogP contribution is -2.14. The van der Waals surface area contributed by atoms with Crippen molar-refractivity contribution in [3.8, 4) is 50.7 Å². The molecule has 1 aliphatic carbocycles. The van der Waals surface area contributed by atoms with Crippen LogP contribution < -0.4 is 0 Å². The zero-order valence-electron chi connectivity index (χ0n) is 25.8. The number of para-hydroxylation sites is 1. The number of aromatic nitrogens is 3. The molecule has 0 fully saturated rings. The number of fused-ring (bicyclic) bond motifs is 6. The summed E-state index contributed by atoms with van der Waals surface area (Å²) in [7, 11) is 0. The zero-order valence-corrected chi connectivity index (χ0v) is 25.8. The maximum absolute atomic E-state index is 5.41. The number of hydrogen-bond donors (Lipinski definition) is 0. The molecule has 218 valence electrons. The summed E-state index contributed by atoms with van der Waals surface area (Å²) in [5, 5.41) is 2.28. The highest BCUT2D eigenvalue weighted by molar-refractivity contribution is 6.00. The molecule has 0 atom stereocenters. The van der Waals surface area contributed by atoms with Gasteiger partial charge in [-0.15, -0.1) is 0 Å². The van der Waals surface area contributed by atoms with E-state index >= 15 is 0 Å². The molecular formula is C43H31N3. The van der Waals surface area contributed by atoms with E-state index in [-0.39, 0.29) is 5.41 Å². The molecule has 0 amide bonds. The van der Waals surface area contributed by atoms with Crippen LogP contribution in [0.25, 0.3) is 72.5 Å². The van der Waals surface area contributed by atoms with Crippen LogP contribution in [0.3, 0.4) is 0 Å². The minimum Gasteiger partial charge on any atom is -0.278 e. The highest BCUT2D eigenvalue weighted by Gasteiger charge is 2.40. The van der Waals surface area contributed by atoms with Crippen LogP contribution in [0.1, 0.15) is 25.0 Å². The molecule has 1 aliphatic rings. The largest absolute Gasteiger partial charge is 0.278 e. The van der Waals surface area contributed by atoms with Crippen molar-refractivity contribution in [3.05, 3.63) is 163 Å². The lowest BCUT2D eigenvalue weighted by atomic mass is 9.81. The normalized spacial score (nSPS) is 13.2. The molecule has 0 unspecified atom stereocenters. The van der Waals surface area contributed by atoms with E-state index in [0.717, 1.165) is 33.2 Å². The first-order valence-electron chi connectivity index (χ1n) is 15.9. The van der Waals surface area contributed by atoms with Crippen LogP contribution in [0.5, 0.6) is 0 Å². The summed E-state index contributed by atoms with van der Waals surface area (Å²) >= 11 is 0. The molecule has 0 saturated heterocycles. The van der Waals surface area contributed by atoms with Crippen molar-refractivity contribution in [2.45, 2.75) is 19.3 Å². The molecule has 3 nitrogen and oxygen atoms in total. The van der Waals surface area contributed by atoms with Crippen LogP contribution >= 0.6 is 0 Å². The van der Waals surface area contributed by atoms with Gasteiger partial charge >= 0.3 is 0 Å². The standard InChI is InChI=1S/C43H31N3/c1-43(2)36-22-11-9-20-33(36)41-39(43)34-21-10-12-23-38(34)46(41)42-44-37-25-24-32(27-35(37)40(45-42)29-16-7-4-8-17-29)31-19-13-18-30(26-31)28-14-5-3-6-15-28/h3-27H,1-2H3. The van der Waals surface area contributed by atoms with E-state index in [4.69, 9.17) is 9.97 Å². The van der Waals surface area contributed by atoms with Gasteiger partial charge in [0, 0.05) is 27.3 Å². The van der Waals surface area contributed by atoms with Crippen molar-refractivity contribution in [3.63, 3.8) is 0 Å². The summed E-state index contributed by atoms with van der Waals surface area (Å²) in [6.07, 6.45) is 0. The van der Waals surface area contributed by atoms with Gasteiger partial charge in [0.1, 0.15) is 0 Å². The van der Waals surface area contributed by atoms with Crippen LogP contribution in [-0.4, -0.2) is 14.5 Å². The van der Waals surface area contributed by atoms with Crippen LogP contribution in [-0.2, 0) is 5.41 Å². The van der Waals surface area contributed by atoms with Crippen molar-refractivity contribution in [2.75, 3.05) is 0 Å². The SMILES string of the molecule is CC1(C)c2ccccc2-c2c1c1ccccc1n2-c1nc(-c2ccccc2)c2cc(-c3cccc(-c4ccccc4)c3)ccc2n1. The van der Waals surface area contributed by atoms with E-state index in [1.165, 1.54) is 44.5 Å². The topological polar surface area (TPSA) is 30.7 Å². The predicted octanol–water partition coefficient (Wildman–Crippen LogP) is 10.9. The van der Waals surface area contributed by atoms with Gasteiger partial charge in [0.2, 0.25) is 5.95 Å². The van der Waals surface area contributed by atoms with Crippen molar-refractivity contribution >= 4 is 21.8 Å². The first-order valence-corrected chi connectivity index (χ1v) is 15.9. The van der Waals surface area contributed by atoms with Gasteiger partial charge < -0.3 is 0 Å². The Morgan fingerprint density at radius 3 is 1.93 bits per heavy atom. The third-order valence-corrected chi connectivity index (χ3v) is 9.59. The third kappa shape index (κ3) is 3.98. The molecule has 2 aromatic heterocycles. The van der Waals surface area contributed by atoms with E-state index in [2.05, 4.69) is 170 Å². The second-order valence-electron chi connectivity index (χ2n) is 12.7. The minimum absolute atomic E-state index is 0.140. The van der Waals surface area contributed by atoms with Crippen LogP contribution in [0, 0.1) is 0 Å². The van der Waals surface area contributed by atoms with Gasteiger partial charge in [-0.25, -0.2) is 9.97 Å². The maximum atomic E-state index is 5.41. The average Bonchev–Trinajstić information content (AvgIpc) is 3.59. The Hall–Kier alpha value is -5.80. The fourth-order valence-corrected chi connectivity index (χ4v) is 7.43.